The maximum atomic E-state index is 6.66. The highest BCUT2D eigenvalue weighted by Gasteiger charge is 2.47. The first-order chi connectivity index (χ1) is 22.0. The van der Waals surface area contributed by atoms with Crippen LogP contribution in [0.4, 0.5) is 0 Å². The lowest BCUT2D eigenvalue weighted by molar-refractivity contribution is 0.354. The first-order valence-electron chi connectivity index (χ1n) is 15.9. The van der Waals surface area contributed by atoms with Crippen LogP contribution < -0.4 is 9.47 Å². The predicted octanol–water partition coefficient (Wildman–Crippen LogP) is 11.9. The second-order valence-electron chi connectivity index (χ2n) is 13.0. The molecular weight excluding hydrogens is 548 g/mol. The molecule has 1 heterocycles. The van der Waals surface area contributed by atoms with Crippen molar-refractivity contribution in [3.63, 3.8) is 0 Å². The van der Waals surface area contributed by atoms with Crippen molar-refractivity contribution in [2.45, 2.75) is 38.0 Å². The molecule has 1 aliphatic heterocycles. The van der Waals surface area contributed by atoms with E-state index in [9.17, 15) is 0 Å². The first-order valence-corrected chi connectivity index (χ1v) is 15.9. The number of allylic oxidation sites excluding steroid dienone is 5. The Morgan fingerprint density at radius 2 is 1.44 bits per heavy atom. The maximum absolute atomic E-state index is 6.66. The van der Waals surface area contributed by atoms with Gasteiger partial charge in [0.25, 0.3) is 0 Å². The third kappa shape index (κ3) is 4.73. The normalized spacial score (nSPS) is 19.2. The predicted molar refractivity (Wildman–Crippen MR) is 185 cm³/mol. The van der Waals surface area contributed by atoms with Gasteiger partial charge in [0.15, 0.2) is 23.0 Å². The molecule has 2 heteroatoms. The topological polar surface area (TPSA) is 18.5 Å². The summed E-state index contributed by atoms with van der Waals surface area (Å²) < 4.78 is 13.2. The number of hydrogen-bond donors (Lipinski definition) is 0. The van der Waals surface area contributed by atoms with Gasteiger partial charge < -0.3 is 9.47 Å². The van der Waals surface area contributed by atoms with E-state index in [0.29, 0.717) is 11.8 Å². The van der Waals surface area contributed by atoms with Gasteiger partial charge in [0.1, 0.15) is 0 Å². The van der Waals surface area contributed by atoms with Gasteiger partial charge in [-0.05, 0) is 74.4 Å². The van der Waals surface area contributed by atoms with E-state index in [2.05, 4.69) is 166 Å². The average molecular weight is 585 g/mol. The lowest BCUT2D eigenvalue weighted by Crippen LogP contribution is -2.24. The van der Waals surface area contributed by atoms with Crippen LogP contribution in [0, 0.1) is 5.92 Å². The van der Waals surface area contributed by atoms with Gasteiger partial charge in [-0.2, -0.15) is 0 Å². The Morgan fingerprint density at radius 3 is 2.33 bits per heavy atom. The van der Waals surface area contributed by atoms with Gasteiger partial charge in [0.05, 0.1) is 0 Å². The highest BCUT2D eigenvalue weighted by atomic mass is 16.6. The Balaban J connectivity index is 1.07. The second-order valence-corrected chi connectivity index (χ2v) is 13.0. The summed E-state index contributed by atoms with van der Waals surface area (Å²) >= 11 is 0. The molecule has 0 radical (unpaired) electrons. The molecule has 0 bridgehead atoms. The highest BCUT2D eigenvalue weighted by molar-refractivity contribution is 5.78. The number of ether oxygens (including phenoxy) is 2. The zero-order chi connectivity index (χ0) is 30.5. The largest absolute Gasteiger partial charge is 0.449 e. The zero-order valence-electron chi connectivity index (χ0n) is 25.9. The van der Waals surface area contributed by atoms with Gasteiger partial charge in [0, 0.05) is 11.5 Å². The minimum Gasteiger partial charge on any atom is -0.449 e. The number of benzene rings is 5. The molecule has 3 unspecified atom stereocenters. The molecule has 5 aromatic rings. The van der Waals surface area contributed by atoms with E-state index in [1.54, 1.807) is 0 Å². The number of hydrogen-bond acceptors (Lipinski definition) is 2. The van der Waals surface area contributed by atoms with Gasteiger partial charge in [-0.1, -0.05) is 148 Å². The van der Waals surface area contributed by atoms with Gasteiger partial charge >= 0.3 is 0 Å². The van der Waals surface area contributed by atoms with E-state index < -0.39 is 0 Å². The lowest BCUT2D eigenvalue weighted by atomic mass is 9.74. The Bertz CT molecular complexity index is 2010. The van der Waals surface area contributed by atoms with Crippen LogP contribution in [-0.4, -0.2) is 0 Å². The maximum Gasteiger partial charge on any atom is 0.174 e. The molecule has 0 saturated heterocycles. The molecule has 0 amide bonds. The molecule has 45 heavy (non-hydrogen) atoms. The molecule has 0 N–H and O–H groups in total. The molecule has 2 nitrogen and oxygen atoms in total. The van der Waals surface area contributed by atoms with Crippen molar-refractivity contribution >= 4 is 6.08 Å². The molecule has 5 aromatic carbocycles. The fraction of sp³-hybridized carbons (Fsp3) is 0.163. The molecule has 3 aliphatic rings. The van der Waals surface area contributed by atoms with Crippen LogP contribution >= 0.6 is 0 Å². The van der Waals surface area contributed by atoms with E-state index in [-0.39, 0.29) is 11.3 Å². The average Bonchev–Trinajstić information content (AvgIpc) is 3.33. The zero-order valence-corrected chi connectivity index (χ0v) is 25.9. The fourth-order valence-electron chi connectivity index (χ4n) is 7.37. The Kier molecular flexibility index (Phi) is 6.60. The fourth-order valence-corrected chi connectivity index (χ4v) is 7.37. The van der Waals surface area contributed by atoms with Crippen LogP contribution in [0.15, 0.2) is 140 Å². The van der Waals surface area contributed by atoms with Crippen molar-refractivity contribution in [1.82, 2.24) is 0 Å². The van der Waals surface area contributed by atoms with Crippen molar-refractivity contribution in [2.75, 3.05) is 0 Å². The summed E-state index contributed by atoms with van der Waals surface area (Å²) in [6, 6.07) is 38.6. The molecule has 8 rings (SSSR count). The molecule has 0 spiro atoms. The Labute approximate surface area is 266 Å². The van der Waals surface area contributed by atoms with Crippen LogP contribution in [-0.2, 0) is 5.41 Å². The van der Waals surface area contributed by atoms with Crippen molar-refractivity contribution in [3.8, 4) is 45.3 Å². The summed E-state index contributed by atoms with van der Waals surface area (Å²) in [4.78, 5) is 0. The molecule has 0 saturated carbocycles. The smallest absolute Gasteiger partial charge is 0.174 e. The standard InChI is InChI=1S/C43H36O2/c1-28(31-15-11-16-32(26-31)29-12-5-4-6-13-29)20-21-30-14-7-8-17-34(30)33-22-24-38-40(27-33)44-39-25-23-37-41(42(39)45-38)35-18-9-10-19-36(35)43(37,2)3/h4-28,35-36H,1-3H3/b21-20+. The number of fused-ring (bicyclic) bond motifs is 6. The second kappa shape index (κ2) is 10.8. The number of rotatable bonds is 5. The Morgan fingerprint density at radius 1 is 0.667 bits per heavy atom. The summed E-state index contributed by atoms with van der Waals surface area (Å²) in [5, 5.41) is 0. The summed E-state index contributed by atoms with van der Waals surface area (Å²) in [5.41, 5.74) is 9.84. The molecular formula is C43H36O2. The molecule has 0 aromatic heterocycles. The first kappa shape index (κ1) is 27.5. The third-order valence-electron chi connectivity index (χ3n) is 9.89. The van der Waals surface area contributed by atoms with E-state index in [0.717, 1.165) is 34.1 Å². The molecule has 2 aliphatic carbocycles. The minimum atomic E-state index is 0.0310. The lowest BCUT2D eigenvalue weighted by Gasteiger charge is -2.29. The quantitative estimate of drug-likeness (QED) is 0.201. The molecule has 220 valence electrons. The van der Waals surface area contributed by atoms with Crippen molar-refractivity contribution in [1.29, 1.82) is 0 Å². The van der Waals surface area contributed by atoms with E-state index in [1.807, 2.05) is 0 Å². The summed E-state index contributed by atoms with van der Waals surface area (Å²) in [6.07, 6.45) is 13.5. The SMILES string of the molecule is CC(/C=C/c1ccccc1-c1ccc2c(c1)Oc1ccc3c(c1O2)C1C=CC=CC1C3(C)C)c1cccc(-c2ccccc2)c1. The monoisotopic (exact) mass is 584 g/mol. The van der Waals surface area contributed by atoms with E-state index >= 15 is 0 Å². The van der Waals surface area contributed by atoms with Crippen molar-refractivity contribution in [2.24, 2.45) is 5.92 Å². The Hall–Kier alpha value is -5.08. The van der Waals surface area contributed by atoms with Crippen LogP contribution in [0.5, 0.6) is 23.0 Å². The van der Waals surface area contributed by atoms with Crippen molar-refractivity contribution < 1.29 is 9.47 Å². The van der Waals surface area contributed by atoms with Gasteiger partial charge in [-0.3, -0.25) is 0 Å². The van der Waals surface area contributed by atoms with Gasteiger partial charge in [0.2, 0.25) is 0 Å². The van der Waals surface area contributed by atoms with Crippen LogP contribution in [0.25, 0.3) is 28.3 Å². The van der Waals surface area contributed by atoms with E-state index in [4.69, 9.17) is 9.47 Å². The van der Waals surface area contributed by atoms with Crippen LogP contribution in [0.3, 0.4) is 0 Å². The highest BCUT2D eigenvalue weighted by Crippen LogP contribution is 2.60. The summed E-state index contributed by atoms with van der Waals surface area (Å²) in [5.74, 6) is 4.13. The van der Waals surface area contributed by atoms with Crippen LogP contribution in [0.2, 0.25) is 0 Å². The summed E-state index contributed by atoms with van der Waals surface area (Å²) in [7, 11) is 0. The van der Waals surface area contributed by atoms with E-state index in [1.165, 1.54) is 33.4 Å². The van der Waals surface area contributed by atoms with Crippen LogP contribution in [0.1, 0.15) is 54.9 Å². The summed E-state index contributed by atoms with van der Waals surface area (Å²) in [6.45, 7) is 6.93. The van der Waals surface area contributed by atoms with Gasteiger partial charge in [-0.25, -0.2) is 0 Å². The molecule has 0 fully saturated rings. The molecule has 3 atom stereocenters. The third-order valence-corrected chi connectivity index (χ3v) is 9.89. The van der Waals surface area contributed by atoms with Crippen molar-refractivity contribution in [3.05, 3.63) is 162 Å². The van der Waals surface area contributed by atoms with Gasteiger partial charge in [-0.15, -0.1) is 0 Å². The minimum absolute atomic E-state index is 0.0310.